The fourth-order valence-electron chi connectivity index (χ4n) is 2.63. The topological polar surface area (TPSA) is 61.9 Å². The zero-order chi connectivity index (χ0) is 17.0. The van der Waals surface area contributed by atoms with E-state index < -0.39 is 0 Å². The van der Waals surface area contributed by atoms with Crippen LogP contribution < -0.4 is 10.1 Å². The van der Waals surface area contributed by atoms with E-state index in [0.29, 0.717) is 42.4 Å². The molecule has 0 saturated carbocycles. The summed E-state index contributed by atoms with van der Waals surface area (Å²) in [6, 6.07) is 5.08. The zero-order valence-corrected chi connectivity index (χ0v) is 14.4. The van der Waals surface area contributed by atoms with Crippen LogP contribution in [0.4, 0.5) is 10.5 Å². The maximum absolute atomic E-state index is 12.4. The van der Waals surface area contributed by atoms with Gasteiger partial charge in [0.1, 0.15) is 5.75 Å². The highest BCUT2D eigenvalue weighted by Gasteiger charge is 2.28. The Morgan fingerprint density at radius 3 is 2.52 bits per heavy atom. The van der Waals surface area contributed by atoms with Crippen molar-refractivity contribution in [1.29, 1.82) is 0 Å². The van der Waals surface area contributed by atoms with Crippen molar-refractivity contribution in [3.63, 3.8) is 0 Å². The van der Waals surface area contributed by atoms with E-state index in [1.165, 1.54) is 0 Å². The Labute approximate surface area is 141 Å². The van der Waals surface area contributed by atoms with Gasteiger partial charge in [0.05, 0.1) is 12.8 Å². The number of amides is 3. The number of ether oxygens (including phenoxy) is 1. The molecule has 0 radical (unpaired) electrons. The van der Waals surface area contributed by atoms with Crippen LogP contribution in [-0.4, -0.2) is 56.0 Å². The van der Waals surface area contributed by atoms with Crippen molar-refractivity contribution in [2.24, 2.45) is 5.92 Å². The van der Waals surface area contributed by atoms with Gasteiger partial charge in [-0.1, -0.05) is 11.6 Å². The number of anilines is 1. The van der Waals surface area contributed by atoms with Crippen LogP contribution >= 0.6 is 11.6 Å². The van der Waals surface area contributed by atoms with Gasteiger partial charge < -0.3 is 19.9 Å². The minimum absolute atomic E-state index is 0.0135. The second-order valence-electron chi connectivity index (χ2n) is 5.77. The first-order valence-electron chi connectivity index (χ1n) is 7.53. The van der Waals surface area contributed by atoms with E-state index in [4.69, 9.17) is 16.3 Å². The highest BCUT2D eigenvalue weighted by atomic mass is 35.5. The van der Waals surface area contributed by atoms with E-state index in [1.807, 2.05) is 0 Å². The van der Waals surface area contributed by atoms with E-state index in [9.17, 15) is 9.59 Å². The summed E-state index contributed by atoms with van der Waals surface area (Å²) in [5.41, 5.74) is 0.566. The molecule has 1 aromatic carbocycles. The lowest BCUT2D eigenvalue weighted by Gasteiger charge is -2.33. The molecule has 1 N–H and O–H groups in total. The number of likely N-dealkylation sites (tertiary alicyclic amines) is 1. The average molecular weight is 340 g/mol. The summed E-state index contributed by atoms with van der Waals surface area (Å²) in [6.45, 7) is 1.17. The molecule has 126 valence electrons. The maximum Gasteiger partial charge on any atom is 0.319 e. The lowest BCUT2D eigenvalue weighted by atomic mass is 9.96. The van der Waals surface area contributed by atoms with Gasteiger partial charge >= 0.3 is 6.03 Å². The Morgan fingerprint density at radius 1 is 1.30 bits per heavy atom. The molecule has 1 heterocycles. The van der Waals surface area contributed by atoms with Crippen LogP contribution in [0.5, 0.6) is 5.75 Å². The van der Waals surface area contributed by atoms with Gasteiger partial charge in [-0.25, -0.2) is 4.79 Å². The molecular weight excluding hydrogens is 318 g/mol. The third kappa shape index (κ3) is 4.28. The highest BCUT2D eigenvalue weighted by Crippen LogP contribution is 2.29. The van der Waals surface area contributed by atoms with Crippen molar-refractivity contribution in [3.05, 3.63) is 23.2 Å². The molecule has 1 fully saturated rings. The molecule has 23 heavy (non-hydrogen) atoms. The summed E-state index contributed by atoms with van der Waals surface area (Å²) in [7, 11) is 5.00. The van der Waals surface area contributed by atoms with Crippen molar-refractivity contribution >= 4 is 29.2 Å². The largest absolute Gasteiger partial charge is 0.495 e. The summed E-state index contributed by atoms with van der Waals surface area (Å²) in [5.74, 6) is 0.385. The van der Waals surface area contributed by atoms with Crippen molar-refractivity contribution in [2.75, 3.05) is 39.6 Å². The minimum atomic E-state index is -0.120. The summed E-state index contributed by atoms with van der Waals surface area (Å²) in [6.07, 6.45) is 1.29. The number of hydrogen-bond donors (Lipinski definition) is 1. The summed E-state index contributed by atoms with van der Waals surface area (Å²) >= 11 is 5.97. The van der Waals surface area contributed by atoms with Gasteiger partial charge in [-0.05, 0) is 31.0 Å². The van der Waals surface area contributed by atoms with Gasteiger partial charge in [0.25, 0.3) is 0 Å². The van der Waals surface area contributed by atoms with Crippen LogP contribution in [-0.2, 0) is 4.79 Å². The van der Waals surface area contributed by atoms with Gasteiger partial charge in [0.2, 0.25) is 5.91 Å². The molecular formula is C16H22ClN3O3. The molecule has 1 aliphatic heterocycles. The lowest BCUT2D eigenvalue weighted by Crippen LogP contribution is -2.45. The fourth-order valence-corrected chi connectivity index (χ4v) is 2.80. The van der Waals surface area contributed by atoms with E-state index in [1.54, 1.807) is 49.2 Å². The monoisotopic (exact) mass is 339 g/mol. The van der Waals surface area contributed by atoms with Crippen LogP contribution in [0.15, 0.2) is 18.2 Å². The number of piperidine rings is 1. The number of carbonyl (C=O) groups excluding carboxylic acids is 2. The number of carbonyl (C=O) groups is 2. The van der Waals surface area contributed by atoms with Crippen molar-refractivity contribution in [3.8, 4) is 5.75 Å². The second-order valence-corrected chi connectivity index (χ2v) is 6.21. The number of nitrogens with zero attached hydrogens (tertiary/aromatic N) is 2. The number of nitrogens with one attached hydrogen (secondary N) is 1. The normalized spacial score (nSPS) is 15.2. The Bertz CT molecular complexity index is 584. The van der Waals surface area contributed by atoms with Crippen LogP contribution in [0.2, 0.25) is 5.02 Å². The Kier molecular flexibility index (Phi) is 5.71. The van der Waals surface area contributed by atoms with E-state index in [2.05, 4.69) is 5.32 Å². The molecule has 0 spiro atoms. The fraction of sp³-hybridized carbons (Fsp3) is 0.500. The van der Waals surface area contributed by atoms with Crippen LogP contribution in [0, 0.1) is 5.92 Å². The summed E-state index contributed by atoms with van der Waals surface area (Å²) in [5, 5.41) is 3.41. The molecule has 1 aliphatic rings. The Morgan fingerprint density at radius 2 is 1.96 bits per heavy atom. The molecule has 0 atom stereocenters. The molecule has 0 aromatic heterocycles. The SMILES string of the molecule is COc1ccc(Cl)cc1NC(=O)C1CCN(C(=O)N(C)C)CC1. The van der Waals surface area contributed by atoms with Gasteiger partial charge in [0, 0.05) is 38.1 Å². The molecule has 1 aromatic rings. The smallest absolute Gasteiger partial charge is 0.319 e. The molecule has 0 bridgehead atoms. The molecule has 7 heteroatoms. The molecule has 3 amide bonds. The van der Waals surface area contributed by atoms with E-state index >= 15 is 0 Å². The third-order valence-corrected chi connectivity index (χ3v) is 4.17. The van der Waals surface area contributed by atoms with Crippen molar-refractivity contribution < 1.29 is 14.3 Å². The van der Waals surface area contributed by atoms with Crippen molar-refractivity contribution in [1.82, 2.24) is 9.80 Å². The quantitative estimate of drug-likeness (QED) is 0.921. The first-order chi connectivity index (χ1) is 10.9. The van der Waals surface area contributed by atoms with Crippen molar-refractivity contribution in [2.45, 2.75) is 12.8 Å². The summed E-state index contributed by atoms with van der Waals surface area (Å²) in [4.78, 5) is 27.7. The zero-order valence-electron chi connectivity index (χ0n) is 13.6. The predicted octanol–water partition coefficient (Wildman–Crippen LogP) is 2.68. The standard InChI is InChI=1S/C16H22ClN3O3/c1-19(2)16(22)20-8-6-11(7-9-20)15(21)18-13-10-12(17)4-5-14(13)23-3/h4-5,10-11H,6-9H2,1-3H3,(H,18,21). The molecule has 0 unspecified atom stereocenters. The number of rotatable bonds is 3. The van der Waals surface area contributed by atoms with Crippen LogP contribution in [0.1, 0.15) is 12.8 Å². The Balaban J connectivity index is 1.96. The first kappa shape index (κ1) is 17.4. The average Bonchev–Trinajstić information content (AvgIpc) is 2.54. The van der Waals surface area contributed by atoms with Crippen LogP contribution in [0.25, 0.3) is 0 Å². The lowest BCUT2D eigenvalue weighted by molar-refractivity contribution is -0.121. The van der Waals surface area contributed by atoms with E-state index in [-0.39, 0.29) is 17.9 Å². The Hall–Kier alpha value is -1.95. The number of hydrogen-bond acceptors (Lipinski definition) is 3. The summed E-state index contributed by atoms with van der Waals surface area (Å²) < 4.78 is 5.23. The molecule has 2 rings (SSSR count). The predicted molar refractivity (Wildman–Crippen MR) is 90.0 cm³/mol. The van der Waals surface area contributed by atoms with Gasteiger partial charge in [-0.15, -0.1) is 0 Å². The molecule has 1 saturated heterocycles. The minimum Gasteiger partial charge on any atom is -0.495 e. The van der Waals surface area contributed by atoms with Gasteiger partial charge in [0.15, 0.2) is 0 Å². The molecule has 0 aliphatic carbocycles. The highest BCUT2D eigenvalue weighted by molar-refractivity contribution is 6.31. The van der Waals surface area contributed by atoms with Gasteiger partial charge in [-0.3, -0.25) is 4.79 Å². The first-order valence-corrected chi connectivity index (χ1v) is 7.90. The molecule has 6 nitrogen and oxygen atoms in total. The number of urea groups is 1. The van der Waals surface area contributed by atoms with E-state index in [0.717, 1.165) is 0 Å². The maximum atomic E-state index is 12.4. The third-order valence-electron chi connectivity index (χ3n) is 3.94. The van der Waals surface area contributed by atoms with Crippen LogP contribution in [0.3, 0.4) is 0 Å². The number of benzene rings is 1. The number of methoxy groups -OCH3 is 1. The second kappa shape index (κ2) is 7.55. The number of halogens is 1. The van der Waals surface area contributed by atoms with Gasteiger partial charge in [-0.2, -0.15) is 0 Å².